The van der Waals surface area contributed by atoms with Crippen molar-refractivity contribution in [3.8, 4) is 0 Å². The van der Waals surface area contributed by atoms with Gasteiger partial charge in [-0.05, 0) is 38.0 Å². The van der Waals surface area contributed by atoms with Gasteiger partial charge in [-0.15, -0.1) is 0 Å². The van der Waals surface area contributed by atoms with Crippen LogP contribution in [0.3, 0.4) is 0 Å². The highest BCUT2D eigenvalue weighted by Gasteiger charge is 2.69. The monoisotopic (exact) mass is 248 g/mol. The van der Waals surface area contributed by atoms with Crippen LogP contribution < -0.4 is 0 Å². The van der Waals surface area contributed by atoms with E-state index in [9.17, 15) is 4.79 Å². The second-order valence-electron chi connectivity index (χ2n) is 7.07. The molecule has 98 valence electrons. The van der Waals surface area contributed by atoms with Gasteiger partial charge in [-0.25, -0.2) is 4.79 Å². The maximum Gasteiger partial charge on any atom is 0.334 e. The number of hydrogen-bond donors (Lipinski definition) is 0. The molecule has 0 aromatic carbocycles. The number of ether oxygens (including phenoxy) is 2. The standard InChI is InChI=1S/C15H20O3/c1-8-9-4-5-14(2)6-7-15(3)12(18-15)10(14)11(9)17-13(8)16/h9-12H,1,4-7H2,2-3H3. The Morgan fingerprint density at radius 3 is 2.83 bits per heavy atom. The molecule has 4 rings (SSSR count). The van der Waals surface area contributed by atoms with E-state index in [1.165, 1.54) is 12.8 Å². The summed E-state index contributed by atoms with van der Waals surface area (Å²) in [5.41, 5.74) is 1.03. The van der Waals surface area contributed by atoms with Gasteiger partial charge in [0.05, 0.1) is 11.7 Å². The van der Waals surface area contributed by atoms with Gasteiger partial charge in [0, 0.05) is 17.4 Å². The van der Waals surface area contributed by atoms with Gasteiger partial charge >= 0.3 is 5.97 Å². The molecule has 0 aromatic heterocycles. The summed E-state index contributed by atoms with van der Waals surface area (Å²) in [6.45, 7) is 8.47. The van der Waals surface area contributed by atoms with Crippen molar-refractivity contribution in [3.63, 3.8) is 0 Å². The Morgan fingerprint density at radius 1 is 1.28 bits per heavy atom. The zero-order valence-corrected chi connectivity index (χ0v) is 11.1. The lowest BCUT2D eigenvalue weighted by Crippen LogP contribution is -2.50. The summed E-state index contributed by atoms with van der Waals surface area (Å²) < 4.78 is 11.6. The van der Waals surface area contributed by atoms with Crippen LogP contribution in [0.15, 0.2) is 12.2 Å². The van der Waals surface area contributed by atoms with E-state index in [-0.39, 0.29) is 29.0 Å². The molecule has 0 spiro atoms. The van der Waals surface area contributed by atoms with Crippen molar-refractivity contribution in [2.75, 3.05) is 0 Å². The number of hydrogen-bond acceptors (Lipinski definition) is 3. The van der Waals surface area contributed by atoms with Crippen LogP contribution in [0.2, 0.25) is 0 Å². The zero-order valence-electron chi connectivity index (χ0n) is 11.1. The van der Waals surface area contributed by atoms with Gasteiger partial charge in [0.15, 0.2) is 0 Å². The van der Waals surface area contributed by atoms with E-state index in [1.807, 2.05) is 0 Å². The van der Waals surface area contributed by atoms with Gasteiger partial charge in [-0.1, -0.05) is 13.5 Å². The molecule has 18 heavy (non-hydrogen) atoms. The Kier molecular flexibility index (Phi) is 1.84. The van der Waals surface area contributed by atoms with Gasteiger partial charge < -0.3 is 9.47 Å². The van der Waals surface area contributed by atoms with Crippen LogP contribution in [0, 0.1) is 17.3 Å². The first-order valence-corrected chi connectivity index (χ1v) is 7.02. The molecule has 2 saturated heterocycles. The second-order valence-corrected chi connectivity index (χ2v) is 7.07. The fourth-order valence-corrected chi connectivity index (χ4v) is 4.62. The van der Waals surface area contributed by atoms with Crippen molar-refractivity contribution in [2.45, 2.75) is 57.3 Å². The Labute approximate surface area is 108 Å². The quantitative estimate of drug-likeness (QED) is 0.375. The Morgan fingerprint density at radius 2 is 2.06 bits per heavy atom. The number of carbonyl (C=O) groups excluding carboxylic acids is 1. The summed E-state index contributed by atoms with van der Waals surface area (Å²) in [5.74, 6) is 0.433. The van der Waals surface area contributed by atoms with Crippen molar-refractivity contribution in [1.82, 2.24) is 0 Å². The third-order valence-corrected chi connectivity index (χ3v) is 5.99. The average Bonchev–Trinajstić information content (AvgIpc) is 2.91. The van der Waals surface area contributed by atoms with Gasteiger partial charge in [-0.2, -0.15) is 0 Å². The van der Waals surface area contributed by atoms with Crippen LogP contribution in [-0.4, -0.2) is 23.8 Å². The molecule has 2 saturated carbocycles. The molecule has 4 aliphatic rings. The summed E-state index contributed by atoms with van der Waals surface area (Å²) in [6, 6.07) is 0. The lowest BCUT2D eigenvalue weighted by Gasteiger charge is -2.48. The molecule has 0 amide bonds. The SMILES string of the molecule is C=C1C(=O)OC2C1CCC1(C)CCC3(C)OC3C21. The molecular weight excluding hydrogens is 228 g/mol. The molecule has 2 heterocycles. The van der Waals surface area contributed by atoms with E-state index >= 15 is 0 Å². The molecule has 3 heteroatoms. The lowest BCUT2D eigenvalue weighted by molar-refractivity contribution is -0.147. The predicted octanol–water partition coefficient (Wildman–Crippen LogP) is 2.45. The van der Waals surface area contributed by atoms with Gasteiger partial charge in [0.2, 0.25) is 0 Å². The third-order valence-electron chi connectivity index (χ3n) is 5.99. The highest BCUT2D eigenvalue weighted by Crippen LogP contribution is 2.64. The van der Waals surface area contributed by atoms with E-state index in [1.54, 1.807) is 0 Å². The molecule has 6 atom stereocenters. The lowest BCUT2D eigenvalue weighted by atomic mass is 9.55. The summed E-state index contributed by atoms with van der Waals surface area (Å²) >= 11 is 0. The molecule has 2 aliphatic carbocycles. The Bertz CT molecular complexity index is 457. The van der Waals surface area contributed by atoms with E-state index in [0.717, 1.165) is 12.8 Å². The summed E-state index contributed by atoms with van der Waals surface area (Å²) in [4.78, 5) is 11.8. The largest absolute Gasteiger partial charge is 0.458 e. The molecule has 4 fully saturated rings. The van der Waals surface area contributed by atoms with Crippen molar-refractivity contribution >= 4 is 5.97 Å². The fraction of sp³-hybridized carbons (Fsp3) is 0.800. The molecule has 0 bridgehead atoms. The van der Waals surface area contributed by atoms with Crippen LogP contribution >= 0.6 is 0 Å². The fourth-order valence-electron chi connectivity index (χ4n) is 4.62. The van der Waals surface area contributed by atoms with Crippen molar-refractivity contribution in [1.29, 1.82) is 0 Å². The van der Waals surface area contributed by atoms with Gasteiger partial charge in [-0.3, -0.25) is 0 Å². The van der Waals surface area contributed by atoms with Crippen molar-refractivity contribution < 1.29 is 14.3 Å². The highest BCUT2D eigenvalue weighted by atomic mass is 16.6. The Hall–Kier alpha value is -0.830. The summed E-state index contributed by atoms with van der Waals surface area (Å²) in [7, 11) is 0. The number of fused-ring (bicyclic) bond motifs is 5. The zero-order chi connectivity index (χ0) is 12.7. The van der Waals surface area contributed by atoms with Crippen molar-refractivity contribution in [3.05, 3.63) is 12.2 Å². The topological polar surface area (TPSA) is 38.8 Å². The van der Waals surface area contributed by atoms with Crippen LogP contribution in [0.5, 0.6) is 0 Å². The molecular formula is C15H20O3. The van der Waals surface area contributed by atoms with Crippen LogP contribution in [0.1, 0.15) is 39.5 Å². The van der Waals surface area contributed by atoms with E-state index < -0.39 is 0 Å². The van der Waals surface area contributed by atoms with Crippen molar-refractivity contribution in [2.24, 2.45) is 17.3 Å². The van der Waals surface area contributed by atoms with Crippen LogP contribution in [0.25, 0.3) is 0 Å². The third kappa shape index (κ3) is 1.16. The summed E-state index contributed by atoms with van der Waals surface area (Å²) in [5, 5.41) is 0. The first-order valence-electron chi connectivity index (χ1n) is 7.02. The maximum absolute atomic E-state index is 11.8. The minimum absolute atomic E-state index is 0.0240. The number of esters is 1. The minimum Gasteiger partial charge on any atom is -0.458 e. The van der Waals surface area contributed by atoms with Gasteiger partial charge in [0.1, 0.15) is 6.10 Å². The maximum atomic E-state index is 11.8. The summed E-state index contributed by atoms with van der Waals surface area (Å²) in [6.07, 6.45) is 4.88. The van der Waals surface area contributed by atoms with E-state index in [4.69, 9.17) is 9.47 Å². The predicted molar refractivity (Wildman–Crippen MR) is 65.9 cm³/mol. The molecule has 3 nitrogen and oxygen atoms in total. The van der Waals surface area contributed by atoms with E-state index in [2.05, 4.69) is 20.4 Å². The number of epoxide rings is 1. The molecule has 0 radical (unpaired) electrons. The highest BCUT2D eigenvalue weighted by molar-refractivity contribution is 5.90. The first-order chi connectivity index (χ1) is 8.45. The Balaban J connectivity index is 1.72. The van der Waals surface area contributed by atoms with E-state index in [0.29, 0.717) is 17.6 Å². The first kappa shape index (κ1) is 11.0. The normalized spacial score (nSPS) is 57.4. The second kappa shape index (κ2) is 3.01. The smallest absolute Gasteiger partial charge is 0.334 e. The molecule has 6 unspecified atom stereocenters. The van der Waals surface area contributed by atoms with Gasteiger partial charge in [0.25, 0.3) is 0 Å². The number of rotatable bonds is 0. The molecule has 0 N–H and O–H groups in total. The number of carbonyl (C=O) groups is 1. The minimum atomic E-state index is -0.179. The molecule has 0 aromatic rings. The average molecular weight is 248 g/mol. The molecule has 2 aliphatic heterocycles. The van der Waals surface area contributed by atoms with Crippen LogP contribution in [0.4, 0.5) is 0 Å². The van der Waals surface area contributed by atoms with Crippen LogP contribution in [-0.2, 0) is 14.3 Å².